The minimum Gasteiger partial charge on any atom is 0 e. The van der Waals surface area contributed by atoms with Gasteiger partial charge in [-0.3, -0.25) is 4.79 Å². The summed E-state index contributed by atoms with van der Waals surface area (Å²) in [7, 11) is 0. The number of carbonyl (C=O) groups is 1. The van der Waals surface area contributed by atoms with Gasteiger partial charge in [-0.2, -0.15) is 0 Å². The largest absolute Gasteiger partial charge is 0 e. The SMILES string of the molecule is CCC(CC)C(=O)/C=C(\O)C(CC)CC.FC(F)(F)[Se]c1c2ccccc2cc2c(-c3[c-]c4ccccc4s3)ncnc12.[Ir]. The number of fused-ring (bicyclic) bond motifs is 3. The Labute approximate surface area is 279 Å². The standard InChI is InChI=1S/C21H10F3N2SSe.C13H24O2.Ir/c22-21(23,24)28-20-14-7-3-1-5-12(14)9-15-18(25-11-26-19(15)20)17-10-13-6-2-4-8-16(13)27-17;1-5-10(6-2)12(14)9-13(15)11(7-3)8-4;/h1-9,11H;9-11,14H,5-8H2,1-4H3;/q-1;;/b;12-9-;. The Morgan fingerprint density at radius 1 is 0.955 bits per heavy atom. The van der Waals surface area contributed by atoms with E-state index in [9.17, 15) is 23.1 Å². The molecule has 0 aliphatic heterocycles. The molecule has 44 heavy (non-hydrogen) atoms. The summed E-state index contributed by atoms with van der Waals surface area (Å²) in [5, 5.41) is 8.44. The molecule has 0 aliphatic carbocycles. The maximum Gasteiger partial charge on any atom is 0 e. The number of hydrogen-bond acceptors (Lipinski definition) is 5. The fraction of sp³-hybridized carbons (Fsp3) is 0.324. The molecule has 0 spiro atoms. The summed E-state index contributed by atoms with van der Waals surface area (Å²) < 4.78 is 41.3. The van der Waals surface area contributed by atoms with Crippen molar-refractivity contribution in [3.8, 4) is 10.6 Å². The first-order valence-corrected chi connectivity index (χ1v) is 16.9. The van der Waals surface area contributed by atoms with E-state index in [1.807, 2.05) is 70.2 Å². The molecule has 5 aromatic rings. The molecule has 2 aromatic heterocycles. The molecule has 5 rings (SSSR count). The second kappa shape index (κ2) is 16.1. The summed E-state index contributed by atoms with van der Waals surface area (Å²) in [4.78, 5) is 21.2. The van der Waals surface area contributed by atoms with Crippen LogP contribution in [0.15, 0.2) is 72.8 Å². The fourth-order valence-corrected chi connectivity index (χ4v) is 7.70. The van der Waals surface area contributed by atoms with E-state index in [0.29, 0.717) is 22.0 Å². The van der Waals surface area contributed by atoms with Gasteiger partial charge in [-0.25, -0.2) is 0 Å². The van der Waals surface area contributed by atoms with E-state index in [0.717, 1.165) is 46.0 Å². The molecule has 235 valence electrons. The van der Waals surface area contributed by atoms with E-state index in [2.05, 4.69) is 16.0 Å². The van der Waals surface area contributed by atoms with E-state index in [-0.39, 0.29) is 47.9 Å². The van der Waals surface area contributed by atoms with Crippen LogP contribution >= 0.6 is 11.3 Å². The van der Waals surface area contributed by atoms with Crippen LogP contribution in [0.25, 0.3) is 42.3 Å². The zero-order chi connectivity index (χ0) is 31.1. The predicted octanol–water partition coefficient (Wildman–Crippen LogP) is 9.18. The van der Waals surface area contributed by atoms with Crippen molar-refractivity contribution in [1.29, 1.82) is 0 Å². The summed E-state index contributed by atoms with van der Waals surface area (Å²) in [6, 6.07) is 20.2. The van der Waals surface area contributed by atoms with E-state index < -0.39 is 20.0 Å². The van der Waals surface area contributed by atoms with Crippen molar-refractivity contribution in [1.82, 2.24) is 9.97 Å². The molecule has 0 unspecified atom stereocenters. The monoisotopic (exact) mass is 864 g/mol. The Morgan fingerprint density at radius 2 is 1.59 bits per heavy atom. The molecule has 0 amide bonds. The number of benzene rings is 3. The van der Waals surface area contributed by atoms with Crippen LogP contribution in [-0.2, 0) is 24.9 Å². The summed E-state index contributed by atoms with van der Waals surface area (Å²) in [5.74, 6) is 0.547. The molecule has 2 heterocycles. The van der Waals surface area contributed by atoms with Crippen LogP contribution in [0.2, 0.25) is 0 Å². The van der Waals surface area contributed by atoms with Crippen molar-refractivity contribution in [3.05, 3.63) is 78.8 Å². The zero-order valence-electron chi connectivity index (χ0n) is 24.9. The number of aliphatic hydroxyl groups excluding tert-OH is 1. The number of aliphatic hydroxyl groups is 1. The summed E-state index contributed by atoms with van der Waals surface area (Å²) in [6.45, 7) is 8.07. The fourth-order valence-electron chi connectivity index (χ4n) is 5.03. The van der Waals surface area contributed by atoms with E-state index in [1.165, 1.54) is 23.7 Å². The van der Waals surface area contributed by atoms with Crippen LogP contribution in [0.1, 0.15) is 53.4 Å². The number of rotatable bonds is 9. The molecule has 1 N–H and O–H groups in total. The first-order valence-electron chi connectivity index (χ1n) is 14.4. The first-order chi connectivity index (χ1) is 20.6. The van der Waals surface area contributed by atoms with E-state index in [4.69, 9.17) is 0 Å². The van der Waals surface area contributed by atoms with Crippen molar-refractivity contribution in [3.63, 3.8) is 0 Å². The van der Waals surface area contributed by atoms with Crippen molar-refractivity contribution in [2.45, 2.75) is 58.5 Å². The molecule has 0 bridgehead atoms. The second-order valence-corrected chi connectivity index (χ2v) is 13.5. The van der Waals surface area contributed by atoms with Crippen LogP contribution in [0.3, 0.4) is 0 Å². The molecular formula is C34H34F3IrN2O2SSe-. The van der Waals surface area contributed by atoms with Crippen LogP contribution < -0.4 is 4.46 Å². The van der Waals surface area contributed by atoms with Crippen LogP contribution in [-0.4, -0.2) is 40.9 Å². The number of halogens is 3. The molecule has 4 nitrogen and oxygen atoms in total. The first kappa shape index (κ1) is 35.9. The van der Waals surface area contributed by atoms with Crippen LogP contribution in [0.4, 0.5) is 13.2 Å². The van der Waals surface area contributed by atoms with Gasteiger partial charge in [0.15, 0.2) is 5.78 Å². The van der Waals surface area contributed by atoms with E-state index in [1.54, 1.807) is 12.1 Å². The molecule has 0 fully saturated rings. The van der Waals surface area contributed by atoms with Crippen molar-refractivity contribution in [2.24, 2.45) is 11.8 Å². The minimum atomic E-state index is -4.26. The van der Waals surface area contributed by atoms with Crippen molar-refractivity contribution in [2.75, 3.05) is 0 Å². The van der Waals surface area contributed by atoms with Crippen molar-refractivity contribution < 1.29 is 43.2 Å². The number of ketones is 1. The van der Waals surface area contributed by atoms with Gasteiger partial charge in [0.25, 0.3) is 0 Å². The third-order valence-electron chi connectivity index (χ3n) is 7.47. The Hall–Kier alpha value is -2.61. The Balaban J connectivity index is 0.000000286. The number of aromatic nitrogens is 2. The third kappa shape index (κ3) is 8.55. The zero-order valence-corrected chi connectivity index (χ0v) is 29.8. The quantitative estimate of drug-likeness (QED) is 0.0529. The summed E-state index contributed by atoms with van der Waals surface area (Å²) in [6.07, 6.45) is 6.25. The van der Waals surface area contributed by atoms with Gasteiger partial charge in [-0.1, -0.05) is 27.7 Å². The van der Waals surface area contributed by atoms with Crippen LogP contribution in [0, 0.1) is 17.9 Å². The van der Waals surface area contributed by atoms with Gasteiger partial charge >= 0.3 is 168 Å². The van der Waals surface area contributed by atoms with Gasteiger partial charge in [-0.15, -0.1) is 0 Å². The van der Waals surface area contributed by atoms with Gasteiger partial charge in [0.1, 0.15) is 0 Å². The van der Waals surface area contributed by atoms with Gasteiger partial charge < -0.3 is 5.11 Å². The molecule has 3 aromatic carbocycles. The van der Waals surface area contributed by atoms with Gasteiger partial charge in [-0.05, 0) is 25.7 Å². The molecule has 0 aliphatic rings. The maximum absolute atomic E-state index is 13.3. The number of allylic oxidation sites excluding steroid dienone is 2. The van der Waals surface area contributed by atoms with Gasteiger partial charge in [0.05, 0.1) is 5.76 Å². The average Bonchev–Trinajstić information content (AvgIpc) is 3.42. The number of carbonyl (C=O) groups excluding carboxylic acids is 1. The molecule has 10 heteroatoms. The topological polar surface area (TPSA) is 63.1 Å². The van der Waals surface area contributed by atoms with E-state index >= 15 is 0 Å². The Bertz CT molecular complexity index is 1710. The minimum absolute atomic E-state index is 0. The summed E-state index contributed by atoms with van der Waals surface area (Å²) in [5.41, 5.74) is 0.989. The number of thiophene rings is 1. The molecular weight excluding hydrogens is 829 g/mol. The van der Waals surface area contributed by atoms with Gasteiger partial charge in [0.2, 0.25) is 0 Å². The second-order valence-electron chi connectivity index (χ2n) is 10.1. The predicted molar refractivity (Wildman–Crippen MR) is 172 cm³/mol. The smallest absolute Gasteiger partial charge is 0 e. The van der Waals surface area contributed by atoms with Crippen LogP contribution in [0.5, 0.6) is 0 Å². The number of nitrogens with zero attached hydrogens (tertiary/aromatic N) is 2. The van der Waals surface area contributed by atoms with Gasteiger partial charge in [0, 0.05) is 38.0 Å². The molecule has 1 radical (unpaired) electrons. The Kier molecular flexibility index (Phi) is 13.1. The molecule has 0 saturated heterocycles. The molecule has 0 atom stereocenters. The maximum atomic E-state index is 13.3. The Morgan fingerprint density at radius 3 is 2.23 bits per heavy atom. The summed E-state index contributed by atoms with van der Waals surface area (Å²) >= 11 is -0.180. The number of hydrogen-bond donors (Lipinski definition) is 1. The normalized spacial score (nSPS) is 12.1. The number of alkyl halides is 3. The molecule has 0 saturated carbocycles. The van der Waals surface area contributed by atoms with Crippen molar-refractivity contribution >= 4 is 68.3 Å². The third-order valence-corrected chi connectivity index (χ3v) is 10.3. The average molecular weight is 863 g/mol.